The first-order valence-electron chi connectivity index (χ1n) is 8.02. The van der Waals surface area contributed by atoms with Crippen molar-refractivity contribution in [1.82, 2.24) is 29.5 Å². The minimum Gasteiger partial charge on any atom is -0.341 e. The molecule has 0 aliphatic rings. The van der Waals surface area contributed by atoms with Crippen LogP contribution in [0.4, 0.5) is 4.39 Å². The Balaban J connectivity index is 1.59. The van der Waals surface area contributed by atoms with Crippen molar-refractivity contribution in [2.24, 2.45) is 0 Å². The Morgan fingerprint density at radius 3 is 2.77 bits per heavy atom. The van der Waals surface area contributed by atoms with E-state index in [4.69, 9.17) is 0 Å². The standard InChI is InChI=1S/C18H15FN6O/c1-12(17-23-22-16-4-2-3-9-24(16)17)21-18(26)15-10-20-11-25(15)14-7-5-13(19)6-8-14/h2-12H,1H3,(H,21,26)/t12-/m0/s1. The smallest absolute Gasteiger partial charge is 0.270 e. The zero-order valence-corrected chi connectivity index (χ0v) is 13.9. The van der Waals surface area contributed by atoms with Crippen LogP contribution in [0, 0.1) is 5.82 Å². The molecule has 0 bridgehead atoms. The van der Waals surface area contributed by atoms with Gasteiger partial charge in [-0.2, -0.15) is 0 Å². The predicted octanol–water partition coefficient (Wildman–Crippen LogP) is 2.55. The maximum Gasteiger partial charge on any atom is 0.270 e. The van der Waals surface area contributed by atoms with E-state index in [9.17, 15) is 9.18 Å². The van der Waals surface area contributed by atoms with E-state index in [-0.39, 0.29) is 17.8 Å². The van der Waals surface area contributed by atoms with Gasteiger partial charge in [-0.25, -0.2) is 9.37 Å². The van der Waals surface area contributed by atoms with Gasteiger partial charge in [-0.15, -0.1) is 10.2 Å². The average Bonchev–Trinajstić information content (AvgIpc) is 3.29. The molecule has 0 unspecified atom stereocenters. The van der Waals surface area contributed by atoms with Crippen molar-refractivity contribution in [3.8, 4) is 5.69 Å². The number of amides is 1. The number of carbonyl (C=O) groups excluding carboxylic acids is 1. The molecular formula is C18H15FN6O. The molecule has 0 radical (unpaired) electrons. The summed E-state index contributed by atoms with van der Waals surface area (Å²) in [6.45, 7) is 1.83. The largest absolute Gasteiger partial charge is 0.341 e. The fourth-order valence-electron chi connectivity index (χ4n) is 2.76. The zero-order chi connectivity index (χ0) is 18.1. The van der Waals surface area contributed by atoms with Crippen molar-refractivity contribution < 1.29 is 9.18 Å². The number of fused-ring (bicyclic) bond motifs is 1. The number of carbonyl (C=O) groups is 1. The molecule has 3 heterocycles. The molecule has 1 atom stereocenters. The van der Waals surface area contributed by atoms with Gasteiger partial charge in [0.15, 0.2) is 11.5 Å². The van der Waals surface area contributed by atoms with Gasteiger partial charge in [0.1, 0.15) is 11.5 Å². The topological polar surface area (TPSA) is 77.1 Å². The second-order valence-corrected chi connectivity index (χ2v) is 5.81. The van der Waals surface area contributed by atoms with Gasteiger partial charge < -0.3 is 5.32 Å². The second kappa shape index (κ2) is 6.40. The van der Waals surface area contributed by atoms with E-state index < -0.39 is 0 Å². The molecule has 4 rings (SSSR count). The lowest BCUT2D eigenvalue weighted by molar-refractivity contribution is 0.0931. The zero-order valence-electron chi connectivity index (χ0n) is 13.9. The number of hydrogen-bond acceptors (Lipinski definition) is 4. The summed E-state index contributed by atoms with van der Waals surface area (Å²) in [4.78, 5) is 16.7. The van der Waals surface area contributed by atoms with Crippen LogP contribution in [-0.4, -0.2) is 30.1 Å². The third-order valence-electron chi connectivity index (χ3n) is 4.05. The molecule has 4 aromatic rings. The lowest BCUT2D eigenvalue weighted by Gasteiger charge is -2.13. The van der Waals surface area contributed by atoms with Crippen molar-refractivity contribution in [1.29, 1.82) is 0 Å². The van der Waals surface area contributed by atoms with Crippen LogP contribution in [0.3, 0.4) is 0 Å². The molecule has 0 spiro atoms. The van der Waals surface area contributed by atoms with Gasteiger partial charge in [0.25, 0.3) is 5.91 Å². The molecule has 0 aliphatic carbocycles. The molecule has 1 amide bonds. The number of benzene rings is 1. The average molecular weight is 350 g/mol. The molecule has 1 N–H and O–H groups in total. The number of imidazole rings is 1. The number of halogens is 1. The first-order valence-corrected chi connectivity index (χ1v) is 8.02. The third-order valence-corrected chi connectivity index (χ3v) is 4.05. The monoisotopic (exact) mass is 350 g/mol. The highest BCUT2D eigenvalue weighted by Gasteiger charge is 2.19. The van der Waals surface area contributed by atoms with Crippen molar-refractivity contribution in [3.05, 3.63) is 78.5 Å². The number of nitrogens with zero attached hydrogens (tertiary/aromatic N) is 5. The van der Waals surface area contributed by atoms with Gasteiger partial charge in [-0.05, 0) is 43.3 Å². The fourth-order valence-corrected chi connectivity index (χ4v) is 2.76. The highest BCUT2D eigenvalue weighted by Crippen LogP contribution is 2.15. The van der Waals surface area contributed by atoms with Gasteiger partial charge in [0.2, 0.25) is 0 Å². The summed E-state index contributed by atoms with van der Waals surface area (Å²) in [5.41, 5.74) is 1.70. The van der Waals surface area contributed by atoms with Gasteiger partial charge in [0.05, 0.1) is 18.6 Å². The third kappa shape index (κ3) is 2.81. The van der Waals surface area contributed by atoms with Crippen LogP contribution in [0.25, 0.3) is 11.3 Å². The van der Waals surface area contributed by atoms with E-state index in [1.54, 1.807) is 16.7 Å². The van der Waals surface area contributed by atoms with Crippen LogP contribution in [0.1, 0.15) is 29.3 Å². The molecule has 26 heavy (non-hydrogen) atoms. The maximum atomic E-state index is 13.1. The van der Waals surface area contributed by atoms with Crippen molar-refractivity contribution in [2.45, 2.75) is 13.0 Å². The molecule has 0 saturated heterocycles. The summed E-state index contributed by atoms with van der Waals surface area (Å²) in [5.74, 6) is -0.0269. The normalized spacial score (nSPS) is 12.2. The predicted molar refractivity (Wildman–Crippen MR) is 92.4 cm³/mol. The van der Waals surface area contributed by atoms with Crippen LogP contribution in [0.2, 0.25) is 0 Å². The second-order valence-electron chi connectivity index (χ2n) is 5.81. The summed E-state index contributed by atoms with van der Waals surface area (Å²) in [7, 11) is 0. The molecule has 130 valence electrons. The number of aromatic nitrogens is 5. The number of hydrogen-bond donors (Lipinski definition) is 1. The Morgan fingerprint density at radius 2 is 1.96 bits per heavy atom. The SMILES string of the molecule is C[C@H](NC(=O)c1cncn1-c1ccc(F)cc1)c1nnc2ccccn12. The molecule has 3 aromatic heterocycles. The number of rotatable bonds is 4. The lowest BCUT2D eigenvalue weighted by Crippen LogP contribution is -2.29. The summed E-state index contributed by atoms with van der Waals surface area (Å²) < 4.78 is 16.5. The van der Waals surface area contributed by atoms with Gasteiger partial charge in [0, 0.05) is 11.9 Å². The first-order chi connectivity index (χ1) is 12.6. The van der Waals surface area contributed by atoms with Crippen LogP contribution >= 0.6 is 0 Å². The molecule has 0 aliphatic heterocycles. The lowest BCUT2D eigenvalue weighted by atomic mass is 10.2. The van der Waals surface area contributed by atoms with E-state index in [0.29, 0.717) is 22.9 Å². The Labute approximate surface area is 148 Å². The van der Waals surface area contributed by atoms with Crippen molar-refractivity contribution in [3.63, 3.8) is 0 Å². The van der Waals surface area contributed by atoms with E-state index in [0.717, 1.165) is 0 Å². The minimum absolute atomic E-state index is 0.313. The molecule has 0 saturated carbocycles. The van der Waals surface area contributed by atoms with Gasteiger partial charge in [-0.3, -0.25) is 13.8 Å². The quantitative estimate of drug-likeness (QED) is 0.614. The molecular weight excluding hydrogens is 335 g/mol. The van der Waals surface area contributed by atoms with E-state index >= 15 is 0 Å². The number of pyridine rings is 1. The van der Waals surface area contributed by atoms with Crippen LogP contribution < -0.4 is 5.32 Å². The Bertz CT molecular complexity index is 1070. The van der Waals surface area contributed by atoms with Crippen LogP contribution in [-0.2, 0) is 0 Å². The Kier molecular flexibility index (Phi) is 3.92. The first kappa shape index (κ1) is 15.9. The van der Waals surface area contributed by atoms with Gasteiger partial charge >= 0.3 is 0 Å². The Hall–Kier alpha value is -3.55. The summed E-state index contributed by atoms with van der Waals surface area (Å²) in [6.07, 6.45) is 4.82. The highest BCUT2D eigenvalue weighted by molar-refractivity contribution is 5.93. The Morgan fingerprint density at radius 1 is 1.15 bits per heavy atom. The summed E-state index contributed by atoms with van der Waals surface area (Å²) in [5, 5.41) is 11.1. The molecule has 8 heteroatoms. The molecule has 7 nitrogen and oxygen atoms in total. The number of nitrogens with one attached hydrogen (secondary N) is 1. The maximum absolute atomic E-state index is 13.1. The minimum atomic E-state index is -0.364. The van der Waals surface area contributed by atoms with Crippen LogP contribution in [0.15, 0.2) is 61.2 Å². The summed E-state index contributed by atoms with van der Waals surface area (Å²) in [6, 6.07) is 11.1. The van der Waals surface area contributed by atoms with E-state index in [1.165, 1.54) is 24.7 Å². The molecule has 1 aromatic carbocycles. The van der Waals surface area contributed by atoms with Crippen molar-refractivity contribution >= 4 is 11.6 Å². The van der Waals surface area contributed by atoms with E-state index in [1.807, 2.05) is 35.7 Å². The van der Waals surface area contributed by atoms with Crippen molar-refractivity contribution in [2.75, 3.05) is 0 Å². The molecule has 0 fully saturated rings. The summed E-state index contributed by atoms with van der Waals surface area (Å²) >= 11 is 0. The van der Waals surface area contributed by atoms with Gasteiger partial charge in [-0.1, -0.05) is 6.07 Å². The highest BCUT2D eigenvalue weighted by atomic mass is 19.1. The fraction of sp³-hybridized carbons (Fsp3) is 0.111. The van der Waals surface area contributed by atoms with Crippen LogP contribution in [0.5, 0.6) is 0 Å². The van der Waals surface area contributed by atoms with E-state index in [2.05, 4.69) is 20.5 Å².